The Morgan fingerprint density at radius 1 is 1.25 bits per heavy atom. The normalized spacial score (nSPS) is 12.4. The minimum Gasteiger partial charge on any atom is -0.261 e. The van der Waals surface area contributed by atoms with Gasteiger partial charge in [0, 0.05) is 11.9 Å². The van der Waals surface area contributed by atoms with Gasteiger partial charge in [-0.15, -0.1) is 0 Å². The maximum Gasteiger partial charge on any atom is 0.156 e. The highest BCUT2D eigenvalue weighted by atomic mass is 32.2. The molecule has 4 heteroatoms. The fourth-order valence-electron chi connectivity index (χ4n) is 1.30. The Morgan fingerprint density at radius 3 is 2.38 bits per heavy atom. The SMILES string of the molecule is CC(C)c1cc(CS(=O)(=O)C(C)C)ccn1. The molecule has 1 rings (SSSR count). The van der Waals surface area contributed by atoms with Crippen LogP contribution in [0.2, 0.25) is 0 Å². The highest BCUT2D eigenvalue weighted by molar-refractivity contribution is 7.91. The first-order valence-electron chi connectivity index (χ1n) is 5.49. The Bertz CT molecular complexity index is 450. The predicted molar refractivity (Wildman–Crippen MR) is 66.1 cm³/mol. The molecule has 0 bridgehead atoms. The lowest BCUT2D eigenvalue weighted by molar-refractivity contribution is 0.586. The number of aromatic nitrogens is 1. The summed E-state index contributed by atoms with van der Waals surface area (Å²) in [5.74, 6) is 0.425. The summed E-state index contributed by atoms with van der Waals surface area (Å²) in [4.78, 5) is 4.22. The lowest BCUT2D eigenvalue weighted by atomic mass is 10.1. The van der Waals surface area contributed by atoms with Gasteiger partial charge in [-0.05, 0) is 37.5 Å². The number of nitrogens with zero attached hydrogens (tertiary/aromatic N) is 1. The molecule has 1 aromatic heterocycles. The van der Waals surface area contributed by atoms with Crippen molar-refractivity contribution in [1.82, 2.24) is 4.98 Å². The Kier molecular flexibility index (Phi) is 4.08. The Hall–Kier alpha value is -0.900. The molecule has 16 heavy (non-hydrogen) atoms. The van der Waals surface area contributed by atoms with E-state index in [1.165, 1.54) is 0 Å². The van der Waals surface area contributed by atoms with Crippen LogP contribution in [0, 0.1) is 0 Å². The average molecular weight is 241 g/mol. The molecule has 0 saturated carbocycles. The van der Waals surface area contributed by atoms with E-state index in [0.717, 1.165) is 11.3 Å². The zero-order chi connectivity index (χ0) is 12.3. The maximum absolute atomic E-state index is 11.8. The van der Waals surface area contributed by atoms with Gasteiger partial charge in [-0.2, -0.15) is 0 Å². The average Bonchev–Trinajstić information content (AvgIpc) is 2.17. The summed E-state index contributed by atoms with van der Waals surface area (Å²) in [5, 5.41) is -0.330. The second-order valence-electron chi connectivity index (χ2n) is 4.60. The van der Waals surface area contributed by atoms with Crippen molar-refractivity contribution in [2.45, 2.75) is 44.6 Å². The second-order valence-corrected chi connectivity index (χ2v) is 7.16. The van der Waals surface area contributed by atoms with Crippen LogP contribution in [0.4, 0.5) is 0 Å². The Morgan fingerprint density at radius 2 is 1.88 bits per heavy atom. The Labute approximate surface area is 97.8 Å². The maximum atomic E-state index is 11.8. The molecule has 0 unspecified atom stereocenters. The monoisotopic (exact) mass is 241 g/mol. The van der Waals surface area contributed by atoms with Crippen LogP contribution in [-0.2, 0) is 15.6 Å². The topological polar surface area (TPSA) is 47.0 Å². The second kappa shape index (κ2) is 4.95. The first-order chi connectivity index (χ1) is 7.33. The van der Waals surface area contributed by atoms with E-state index in [9.17, 15) is 8.42 Å². The van der Waals surface area contributed by atoms with Crippen molar-refractivity contribution in [3.05, 3.63) is 29.6 Å². The van der Waals surface area contributed by atoms with E-state index in [4.69, 9.17) is 0 Å². The first-order valence-corrected chi connectivity index (χ1v) is 7.21. The lowest BCUT2D eigenvalue weighted by Gasteiger charge is -2.09. The molecule has 0 aliphatic heterocycles. The third-order valence-electron chi connectivity index (χ3n) is 2.52. The summed E-state index contributed by atoms with van der Waals surface area (Å²) in [6.45, 7) is 7.51. The van der Waals surface area contributed by atoms with Gasteiger partial charge in [-0.25, -0.2) is 8.42 Å². The minimum absolute atomic E-state index is 0.104. The smallest absolute Gasteiger partial charge is 0.156 e. The number of hydrogen-bond acceptors (Lipinski definition) is 3. The lowest BCUT2D eigenvalue weighted by Crippen LogP contribution is -2.16. The molecule has 1 aromatic rings. The van der Waals surface area contributed by atoms with Crippen molar-refractivity contribution in [3.8, 4) is 0 Å². The summed E-state index contributed by atoms with van der Waals surface area (Å²) in [6.07, 6.45) is 1.68. The van der Waals surface area contributed by atoms with Gasteiger partial charge in [0.05, 0.1) is 11.0 Å². The van der Waals surface area contributed by atoms with Crippen molar-refractivity contribution in [2.24, 2.45) is 0 Å². The molecular formula is C12H19NO2S. The number of pyridine rings is 1. The minimum atomic E-state index is -3.02. The van der Waals surface area contributed by atoms with Crippen LogP contribution in [0.15, 0.2) is 18.3 Å². The summed E-state index contributed by atoms with van der Waals surface area (Å²) in [6, 6.07) is 3.65. The molecular weight excluding hydrogens is 222 g/mol. The van der Waals surface area contributed by atoms with Crippen molar-refractivity contribution < 1.29 is 8.42 Å². The molecule has 0 atom stereocenters. The van der Waals surface area contributed by atoms with E-state index < -0.39 is 9.84 Å². The van der Waals surface area contributed by atoms with Gasteiger partial charge >= 0.3 is 0 Å². The van der Waals surface area contributed by atoms with E-state index in [1.54, 1.807) is 26.1 Å². The molecule has 0 aliphatic rings. The van der Waals surface area contributed by atoms with Gasteiger partial charge in [0.15, 0.2) is 9.84 Å². The molecule has 0 spiro atoms. The van der Waals surface area contributed by atoms with E-state index >= 15 is 0 Å². The van der Waals surface area contributed by atoms with Gasteiger partial charge in [0.25, 0.3) is 0 Å². The summed E-state index contributed by atoms with van der Waals surface area (Å²) in [7, 11) is -3.02. The van der Waals surface area contributed by atoms with Gasteiger partial charge in [0.2, 0.25) is 0 Å². The van der Waals surface area contributed by atoms with Gasteiger partial charge in [-0.1, -0.05) is 13.8 Å². The zero-order valence-corrected chi connectivity index (χ0v) is 11.1. The fourth-order valence-corrected chi connectivity index (χ4v) is 2.28. The van der Waals surface area contributed by atoms with Crippen LogP contribution in [0.3, 0.4) is 0 Å². The number of rotatable bonds is 4. The molecule has 0 amide bonds. The summed E-state index contributed by atoms with van der Waals surface area (Å²) in [5.41, 5.74) is 1.77. The molecule has 0 aliphatic carbocycles. The molecule has 0 aromatic carbocycles. The standard InChI is InChI=1S/C12H19NO2S/c1-9(2)12-7-11(5-6-13-12)8-16(14,15)10(3)4/h5-7,9-10H,8H2,1-4H3. The molecule has 90 valence electrons. The van der Waals surface area contributed by atoms with Gasteiger partial charge < -0.3 is 0 Å². The van der Waals surface area contributed by atoms with E-state index in [2.05, 4.69) is 4.98 Å². The van der Waals surface area contributed by atoms with Crippen molar-refractivity contribution >= 4 is 9.84 Å². The quantitative estimate of drug-likeness (QED) is 0.813. The van der Waals surface area contributed by atoms with E-state index in [1.807, 2.05) is 19.9 Å². The molecule has 0 saturated heterocycles. The zero-order valence-electron chi connectivity index (χ0n) is 10.3. The molecule has 0 radical (unpaired) electrons. The van der Waals surface area contributed by atoms with Crippen LogP contribution in [-0.4, -0.2) is 18.7 Å². The molecule has 3 nitrogen and oxygen atoms in total. The number of hydrogen-bond donors (Lipinski definition) is 0. The molecule has 0 fully saturated rings. The first kappa shape index (κ1) is 13.2. The van der Waals surface area contributed by atoms with Gasteiger partial charge in [0.1, 0.15) is 0 Å². The summed E-state index contributed by atoms with van der Waals surface area (Å²) < 4.78 is 23.5. The third kappa shape index (κ3) is 3.30. The van der Waals surface area contributed by atoms with Crippen molar-refractivity contribution in [2.75, 3.05) is 0 Å². The van der Waals surface area contributed by atoms with Crippen molar-refractivity contribution in [3.63, 3.8) is 0 Å². The van der Waals surface area contributed by atoms with E-state index in [0.29, 0.717) is 5.92 Å². The third-order valence-corrected chi connectivity index (χ3v) is 4.70. The highest BCUT2D eigenvalue weighted by Crippen LogP contribution is 2.16. The molecule has 1 heterocycles. The predicted octanol–water partition coefficient (Wildman–Crippen LogP) is 2.53. The van der Waals surface area contributed by atoms with E-state index in [-0.39, 0.29) is 11.0 Å². The van der Waals surface area contributed by atoms with Crippen LogP contribution < -0.4 is 0 Å². The summed E-state index contributed by atoms with van der Waals surface area (Å²) >= 11 is 0. The van der Waals surface area contributed by atoms with Gasteiger partial charge in [-0.3, -0.25) is 4.98 Å². The van der Waals surface area contributed by atoms with Crippen LogP contribution in [0.1, 0.15) is 44.9 Å². The highest BCUT2D eigenvalue weighted by Gasteiger charge is 2.17. The largest absolute Gasteiger partial charge is 0.261 e. The van der Waals surface area contributed by atoms with Crippen LogP contribution in [0.25, 0.3) is 0 Å². The van der Waals surface area contributed by atoms with Crippen molar-refractivity contribution in [1.29, 1.82) is 0 Å². The number of sulfone groups is 1. The molecule has 0 N–H and O–H groups in total. The Balaban J connectivity index is 2.95. The van der Waals surface area contributed by atoms with Crippen LogP contribution in [0.5, 0.6) is 0 Å². The van der Waals surface area contributed by atoms with Crippen LogP contribution >= 0.6 is 0 Å². The fraction of sp³-hybridized carbons (Fsp3) is 0.583.